The molecule has 2 aromatic carbocycles. The Morgan fingerprint density at radius 1 is 1.15 bits per heavy atom. The number of anilines is 2. The van der Waals surface area contributed by atoms with E-state index in [1.54, 1.807) is 6.07 Å². The molecule has 1 atom stereocenters. The standard InChI is InChI=1S/C18H17ClFN3O4/c1-10(21-18(26)27)8-15(24)23-14-7-3-6-13(19)16(14)17(25)22-12-5-2-4-11(20)9-12/h2-7,9-10,21H,8H2,1H3,(H,22,25)(H,23,24)(H,26,27). The highest BCUT2D eigenvalue weighted by Crippen LogP contribution is 2.26. The molecule has 2 rings (SSSR count). The summed E-state index contributed by atoms with van der Waals surface area (Å²) in [5, 5.41) is 16.0. The van der Waals surface area contributed by atoms with Gasteiger partial charge in [0.05, 0.1) is 16.3 Å². The fourth-order valence-electron chi connectivity index (χ4n) is 2.36. The van der Waals surface area contributed by atoms with Gasteiger partial charge in [-0.05, 0) is 37.3 Å². The second-order valence-electron chi connectivity index (χ2n) is 5.73. The van der Waals surface area contributed by atoms with Crippen molar-refractivity contribution in [2.75, 3.05) is 10.6 Å². The lowest BCUT2D eigenvalue weighted by molar-refractivity contribution is -0.116. The molecule has 0 radical (unpaired) electrons. The molecule has 0 spiro atoms. The average Bonchev–Trinajstić information content (AvgIpc) is 2.53. The van der Waals surface area contributed by atoms with E-state index in [0.717, 1.165) is 6.07 Å². The molecule has 3 amide bonds. The quantitative estimate of drug-likeness (QED) is 0.600. The fourth-order valence-corrected chi connectivity index (χ4v) is 2.62. The number of rotatable bonds is 6. The van der Waals surface area contributed by atoms with E-state index in [4.69, 9.17) is 16.7 Å². The molecular formula is C18H17ClFN3O4. The van der Waals surface area contributed by atoms with Crippen molar-refractivity contribution in [1.29, 1.82) is 0 Å². The molecule has 4 N–H and O–H groups in total. The van der Waals surface area contributed by atoms with Crippen LogP contribution in [-0.4, -0.2) is 29.1 Å². The molecule has 0 aliphatic rings. The van der Waals surface area contributed by atoms with Crippen molar-refractivity contribution in [3.63, 3.8) is 0 Å². The van der Waals surface area contributed by atoms with Gasteiger partial charge in [0.1, 0.15) is 5.82 Å². The van der Waals surface area contributed by atoms with Crippen LogP contribution in [-0.2, 0) is 4.79 Å². The predicted molar refractivity (Wildman–Crippen MR) is 99.7 cm³/mol. The van der Waals surface area contributed by atoms with Crippen LogP contribution in [0, 0.1) is 5.82 Å². The number of carboxylic acid groups (broad SMARTS) is 1. The van der Waals surface area contributed by atoms with Crippen molar-refractivity contribution in [2.24, 2.45) is 0 Å². The maximum atomic E-state index is 13.3. The van der Waals surface area contributed by atoms with Crippen LogP contribution in [0.15, 0.2) is 42.5 Å². The number of nitrogens with one attached hydrogen (secondary N) is 3. The summed E-state index contributed by atoms with van der Waals surface area (Å²) in [6.07, 6.45) is -1.38. The minimum Gasteiger partial charge on any atom is -0.465 e. The number of carbonyl (C=O) groups is 3. The van der Waals surface area contributed by atoms with Crippen LogP contribution in [0.3, 0.4) is 0 Å². The normalized spacial score (nSPS) is 11.4. The third-order valence-corrected chi connectivity index (χ3v) is 3.77. The zero-order valence-electron chi connectivity index (χ0n) is 14.3. The van der Waals surface area contributed by atoms with Crippen molar-refractivity contribution >= 4 is 40.9 Å². The smallest absolute Gasteiger partial charge is 0.404 e. The molecule has 142 valence electrons. The number of hydrogen-bond donors (Lipinski definition) is 4. The summed E-state index contributed by atoms with van der Waals surface area (Å²) in [6.45, 7) is 1.53. The lowest BCUT2D eigenvalue weighted by Crippen LogP contribution is -2.34. The van der Waals surface area contributed by atoms with Gasteiger partial charge in [-0.25, -0.2) is 9.18 Å². The molecule has 0 aliphatic carbocycles. The van der Waals surface area contributed by atoms with E-state index in [1.165, 1.54) is 37.3 Å². The van der Waals surface area contributed by atoms with Gasteiger partial charge in [-0.1, -0.05) is 23.7 Å². The predicted octanol–water partition coefficient (Wildman–Crippen LogP) is 3.72. The number of benzene rings is 2. The first-order valence-electron chi connectivity index (χ1n) is 7.91. The Bertz CT molecular complexity index is 875. The fraction of sp³-hybridized carbons (Fsp3) is 0.167. The molecule has 0 heterocycles. The van der Waals surface area contributed by atoms with Crippen molar-refractivity contribution in [3.05, 3.63) is 58.9 Å². The Balaban J connectivity index is 2.16. The van der Waals surface area contributed by atoms with Gasteiger partial charge < -0.3 is 21.1 Å². The summed E-state index contributed by atoms with van der Waals surface area (Å²) >= 11 is 6.10. The van der Waals surface area contributed by atoms with Crippen molar-refractivity contribution in [2.45, 2.75) is 19.4 Å². The molecular weight excluding hydrogens is 377 g/mol. The van der Waals surface area contributed by atoms with Crippen molar-refractivity contribution < 1.29 is 23.9 Å². The van der Waals surface area contributed by atoms with E-state index in [1.807, 2.05) is 0 Å². The van der Waals surface area contributed by atoms with Crippen LogP contribution in [0.2, 0.25) is 5.02 Å². The van der Waals surface area contributed by atoms with Crippen molar-refractivity contribution in [3.8, 4) is 0 Å². The summed E-state index contributed by atoms with van der Waals surface area (Å²) in [6, 6.07) is 9.23. The van der Waals surface area contributed by atoms with E-state index < -0.39 is 29.8 Å². The van der Waals surface area contributed by atoms with Gasteiger partial charge in [0, 0.05) is 18.2 Å². The zero-order valence-corrected chi connectivity index (χ0v) is 15.0. The maximum Gasteiger partial charge on any atom is 0.404 e. The van der Waals surface area contributed by atoms with E-state index in [-0.39, 0.29) is 28.4 Å². The Morgan fingerprint density at radius 2 is 1.85 bits per heavy atom. The number of halogens is 2. The molecule has 0 aromatic heterocycles. The summed E-state index contributed by atoms with van der Waals surface area (Å²) in [5.74, 6) is -1.64. The Kier molecular flexibility index (Phi) is 6.73. The van der Waals surface area contributed by atoms with Gasteiger partial charge in [-0.15, -0.1) is 0 Å². The van der Waals surface area contributed by atoms with Gasteiger partial charge in [-0.2, -0.15) is 0 Å². The molecule has 27 heavy (non-hydrogen) atoms. The highest BCUT2D eigenvalue weighted by molar-refractivity contribution is 6.35. The molecule has 2 aromatic rings. The van der Waals surface area contributed by atoms with Gasteiger partial charge in [-0.3, -0.25) is 9.59 Å². The van der Waals surface area contributed by atoms with Crippen LogP contribution >= 0.6 is 11.6 Å². The molecule has 9 heteroatoms. The average molecular weight is 394 g/mol. The molecule has 0 saturated carbocycles. The van der Waals surface area contributed by atoms with Gasteiger partial charge in [0.25, 0.3) is 5.91 Å². The summed E-state index contributed by atoms with van der Waals surface area (Å²) < 4.78 is 13.3. The Morgan fingerprint density at radius 3 is 2.52 bits per heavy atom. The largest absolute Gasteiger partial charge is 0.465 e. The summed E-state index contributed by atoms with van der Waals surface area (Å²) in [4.78, 5) is 35.3. The molecule has 0 aliphatic heterocycles. The SMILES string of the molecule is CC(CC(=O)Nc1cccc(Cl)c1C(=O)Nc1cccc(F)c1)NC(=O)O. The maximum absolute atomic E-state index is 13.3. The second-order valence-corrected chi connectivity index (χ2v) is 6.14. The molecule has 7 nitrogen and oxygen atoms in total. The number of carbonyl (C=O) groups excluding carboxylic acids is 2. The van der Waals surface area contributed by atoms with E-state index in [2.05, 4.69) is 16.0 Å². The number of hydrogen-bond acceptors (Lipinski definition) is 3. The summed E-state index contributed by atoms with van der Waals surface area (Å²) in [5.41, 5.74) is 0.399. The lowest BCUT2D eigenvalue weighted by atomic mass is 10.1. The summed E-state index contributed by atoms with van der Waals surface area (Å²) in [7, 11) is 0. The van der Waals surface area contributed by atoms with Crippen LogP contribution in [0.25, 0.3) is 0 Å². The van der Waals surface area contributed by atoms with E-state index >= 15 is 0 Å². The zero-order chi connectivity index (χ0) is 20.0. The topological polar surface area (TPSA) is 108 Å². The van der Waals surface area contributed by atoms with Crippen molar-refractivity contribution in [1.82, 2.24) is 5.32 Å². The molecule has 1 unspecified atom stereocenters. The highest BCUT2D eigenvalue weighted by atomic mass is 35.5. The van der Waals surface area contributed by atoms with Crippen LogP contribution in [0.4, 0.5) is 20.6 Å². The molecule has 0 fully saturated rings. The molecule has 0 bridgehead atoms. The number of amides is 3. The van der Waals surface area contributed by atoms with Gasteiger partial charge >= 0.3 is 6.09 Å². The third-order valence-electron chi connectivity index (χ3n) is 3.46. The third kappa shape index (κ3) is 5.96. The minimum atomic E-state index is -1.24. The Hall–Kier alpha value is -3.13. The highest BCUT2D eigenvalue weighted by Gasteiger charge is 2.19. The van der Waals surface area contributed by atoms with Crippen LogP contribution in [0.1, 0.15) is 23.7 Å². The first-order valence-corrected chi connectivity index (χ1v) is 8.29. The lowest BCUT2D eigenvalue weighted by Gasteiger charge is -2.15. The van der Waals surface area contributed by atoms with Gasteiger partial charge in [0.2, 0.25) is 5.91 Å². The van der Waals surface area contributed by atoms with E-state index in [0.29, 0.717) is 0 Å². The first kappa shape index (κ1) is 20.2. The van der Waals surface area contributed by atoms with E-state index in [9.17, 15) is 18.8 Å². The first-order chi connectivity index (χ1) is 12.8. The Labute approximate surface area is 159 Å². The minimum absolute atomic E-state index is 0.00984. The van der Waals surface area contributed by atoms with Gasteiger partial charge in [0.15, 0.2) is 0 Å². The molecule has 0 saturated heterocycles. The van der Waals surface area contributed by atoms with Crippen LogP contribution in [0.5, 0.6) is 0 Å². The van der Waals surface area contributed by atoms with Crippen LogP contribution < -0.4 is 16.0 Å². The second kappa shape index (κ2) is 9.00. The monoisotopic (exact) mass is 393 g/mol.